The lowest BCUT2D eigenvalue weighted by molar-refractivity contribution is 0.101. The van der Waals surface area contributed by atoms with E-state index in [1.54, 1.807) is 23.9 Å². The highest BCUT2D eigenvalue weighted by atomic mass is 35.5. The molecule has 0 spiro atoms. The Bertz CT molecular complexity index is 537. The van der Waals surface area contributed by atoms with E-state index in [0.717, 1.165) is 9.79 Å². The highest BCUT2D eigenvalue weighted by Crippen LogP contribution is 2.33. The van der Waals surface area contributed by atoms with E-state index in [1.807, 2.05) is 30.3 Å². The van der Waals surface area contributed by atoms with Gasteiger partial charge in [-0.1, -0.05) is 41.6 Å². The average Bonchev–Trinajstić information content (AvgIpc) is 2.33. The van der Waals surface area contributed by atoms with Crippen molar-refractivity contribution in [2.75, 3.05) is 0 Å². The van der Waals surface area contributed by atoms with Crippen LogP contribution in [-0.2, 0) is 0 Å². The average molecular weight is 262 g/mol. The predicted molar refractivity (Wildman–Crippen MR) is 70.9 cm³/mol. The van der Waals surface area contributed by atoms with Gasteiger partial charge in [-0.25, -0.2) is 0 Å². The fourth-order valence-corrected chi connectivity index (χ4v) is 2.48. The van der Waals surface area contributed by atoms with Crippen LogP contribution in [0.15, 0.2) is 52.3 Å². The number of carbonyl (C=O) groups is 1. The van der Waals surface area contributed by atoms with Crippen molar-refractivity contribution in [3.05, 3.63) is 59.1 Å². The zero-order valence-corrected chi connectivity index (χ0v) is 10.8. The molecule has 2 aromatic carbocycles. The molecule has 17 heavy (non-hydrogen) atoms. The summed E-state index contributed by atoms with van der Waals surface area (Å²) >= 11 is 7.71. The quantitative estimate of drug-likeness (QED) is 0.757. The SMILES string of the molecule is CC(=O)c1ccc(Sc2cc[c]cc2)c(Cl)c1. The molecule has 3 heteroatoms. The Morgan fingerprint density at radius 2 is 1.94 bits per heavy atom. The molecule has 0 aromatic heterocycles. The molecule has 0 atom stereocenters. The highest BCUT2D eigenvalue weighted by Gasteiger charge is 2.06. The van der Waals surface area contributed by atoms with Crippen LogP contribution in [0.2, 0.25) is 5.02 Å². The largest absolute Gasteiger partial charge is 0.295 e. The Hall–Kier alpha value is -1.25. The summed E-state index contributed by atoms with van der Waals surface area (Å²) in [6.45, 7) is 1.53. The van der Waals surface area contributed by atoms with Crippen molar-refractivity contribution in [2.45, 2.75) is 16.7 Å². The minimum Gasteiger partial charge on any atom is -0.295 e. The summed E-state index contributed by atoms with van der Waals surface area (Å²) in [7, 11) is 0. The molecule has 2 rings (SSSR count). The number of benzene rings is 2. The summed E-state index contributed by atoms with van der Waals surface area (Å²) in [5.41, 5.74) is 0.640. The van der Waals surface area contributed by atoms with Crippen LogP contribution in [-0.4, -0.2) is 5.78 Å². The molecule has 0 N–H and O–H groups in total. The van der Waals surface area contributed by atoms with Gasteiger partial charge in [0.05, 0.1) is 5.02 Å². The van der Waals surface area contributed by atoms with E-state index in [1.165, 1.54) is 6.92 Å². The van der Waals surface area contributed by atoms with Crippen molar-refractivity contribution in [2.24, 2.45) is 0 Å². The summed E-state index contributed by atoms with van der Waals surface area (Å²) in [5, 5.41) is 0.607. The van der Waals surface area contributed by atoms with Crippen LogP contribution >= 0.6 is 23.4 Å². The van der Waals surface area contributed by atoms with E-state index in [2.05, 4.69) is 6.07 Å². The van der Waals surface area contributed by atoms with Gasteiger partial charge in [-0.3, -0.25) is 4.79 Å². The first-order valence-electron chi connectivity index (χ1n) is 5.11. The summed E-state index contributed by atoms with van der Waals surface area (Å²) < 4.78 is 0. The van der Waals surface area contributed by atoms with Crippen molar-refractivity contribution in [1.29, 1.82) is 0 Å². The first-order valence-corrected chi connectivity index (χ1v) is 6.31. The summed E-state index contributed by atoms with van der Waals surface area (Å²) in [5.74, 6) is 0.0257. The molecule has 2 aromatic rings. The third kappa shape index (κ3) is 3.11. The maximum absolute atomic E-state index is 11.2. The number of Topliss-reactive ketones (excluding diaryl/α,β-unsaturated/α-hetero) is 1. The van der Waals surface area contributed by atoms with E-state index >= 15 is 0 Å². The van der Waals surface area contributed by atoms with Gasteiger partial charge < -0.3 is 0 Å². The molecular weight excluding hydrogens is 252 g/mol. The Morgan fingerprint density at radius 3 is 2.53 bits per heavy atom. The van der Waals surface area contributed by atoms with Gasteiger partial charge in [-0.15, -0.1) is 0 Å². The highest BCUT2D eigenvalue weighted by molar-refractivity contribution is 7.99. The third-order valence-corrected chi connectivity index (χ3v) is 3.76. The van der Waals surface area contributed by atoms with Crippen LogP contribution in [0.1, 0.15) is 17.3 Å². The number of rotatable bonds is 3. The van der Waals surface area contributed by atoms with Crippen molar-refractivity contribution in [1.82, 2.24) is 0 Å². The van der Waals surface area contributed by atoms with E-state index in [4.69, 9.17) is 11.6 Å². The van der Waals surface area contributed by atoms with Gasteiger partial charge in [-0.05, 0) is 37.3 Å². The van der Waals surface area contributed by atoms with Gasteiger partial charge in [0.2, 0.25) is 0 Å². The Labute approximate surface area is 110 Å². The molecule has 0 bridgehead atoms. The second-order valence-corrected chi connectivity index (χ2v) is 5.06. The molecule has 0 aliphatic rings. The third-order valence-electron chi connectivity index (χ3n) is 2.25. The van der Waals surface area contributed by atoms with E-state index < -0.39 is 0 Å². The number of carbonyl (C=O) groups excluding carboxylic acids is 1. The Morgan fingerprint density at radius 1 is 1.24 bits per heavy atom. The fourth-order valence-electron chi connectivity index (χ4n) is 1.37. The molecular formula is C14H10ClOS. The molecule has 1 nitrogen and oxygen atoms in total. The van der Waals surface area contributed by atoms with E-state index in [0.29, 0.717) is 10.6 Å². The topological polar surface area (TPSA) is 17.1 Å². The van der Waals surface area contributed by atoms with Crippen molar-refractivity contribution in [3.63, 3.8) is 0 Å². The van der Waals surface area contributed by atoms with E-state index in [9.17, 15) is 4.79 Å². The minimum atomic E-state index is 0.0257. The van der Waals surface area contributed by atoms with Gasteiger partial charge >= 0.3 is 0 Å². The molecule has 1 radical (unpaired) electrons. The number of halogens is 1. The van der Waals surface area contributed by atoms with E-state index in [-0.39, 0.29) is 5.78 Å². The van der Waals surface area contributed by atoms with Crippen LogP contribution in [0.4, 0.5) is 0 Å². The van der Waals surface area contributed by atoms with Crippen LogP contribution in [0, 0.1) is 6.07 Å². The molecule has 85 valence electrons. The lowest BCUT2D eigenvalue weighted by Crippen LogP contribution is -1.91. The molecule has 0 unspecified atom stereocenters. The first-order chi connectivity index (χ1) is 8.16. The van der Waals surface area contributed by atoms with Gasteiger partial charge in [-0.2, -0.15) is 0 Å². The molecule has 0 heterocycles. The van der Waals surface area contributed by atoms with Crippen molar-refractivity contribution >= 4 is 29.1 Å². The fraction of sp³-hybridized carbons (Fsp3) is 0.0714. The van der Waals surface area contributed by atoms with Crippen LogP contribution in [0.5, 0.6) is 0 Å². The monoisotopic (exact) mass is 261 g/mol. The van der Waals surface area contributed by atoms with Crippen molar-refractivity contribution in [3.8, 4) is 0 Å². The molecule has 0 saturated carbocycles. The first kappa shape index (κ1) is 12.2. The van der Waals surface area contributed by atoms with Gasteiger partial charge in [0.15, 0.2) is 5.78 Å². The zero-order chi connectivity index (χ0) is 12.3. The number of ketones is 1. The molecule has 0 amide bonds. The maximum Gasteiger partial charge on any atom is 0.159 e. The van der Waals surface area contributed by atoms with Crippen LogP contribution < -0.4 is 0 Å². The van der Waals surface area contributed by atoms with Crippen LogP contribution in [0.25, 0.3) is 0 Å². The summed E-state index contributed by atoms with van der Waals surface area (Å²) in [6, 6.07) is 16.0. The predicted octanol–water partition coefficient (Wildman–Crippen LogP) is 4.49. The lowest BCUT2D eigenvalue weighted by atomic mass is 10.1. The Kier molecular flexibility index (Phi) is 3.87. The Balaban J connectivity index is 2.26. The van der Waals surface area contributed by atoms with Crippen LogP contribution in [0.3, 0.4) is 0 Å². The van der Waals surface area contributed by atoms with Gasteiger partial charge in [0.1, 0.15) is 0 Å². The second-order valence-electron chi connectivity index (χ2n) is 3.54. The number of hydrogen-bond acceptors (Lipinski definition) is 2. The van der Waals surface area contributed by atoms with Gasteiger partial charge in [0, 0.05) is 15.4 Å². The molecule has 0 aliphatic carbocycles. The maximum atomic E-state index is 11.2. The lowest BCUT2D eigenvalue weighted by Gasteiger charge is -2.05. The normalized spacial score (nSPS) is 10.2. The van der Waals surface area contributed by atoms with Crippen molar-refractivity contribution < 1.29 is 4.79 Å². The smallest absolute Gasteiger partial charge is 0.159 e. The zero-order valence-electron chi connectivity index (χ0n) is 9.24. The molecule has 0 aliphatic heterocycles. The number of hydrogen-bond donors (Lipinski definition) is 0. The minimum absolute atomic E-state index is 0.0257. The summed E-state index contributed by atoms with van der Waals surface area (Å²) in [6.07, 6.45) is 0. The standard InChI is InChI=1S/C14H10ClOS/c1-10(16)11-7-8-14(13(15)9-11)17-12-5-3-2-4-6-12/h3-9H,1H3. The summed E-state index contributed by atoms with van der Waals surface area (Å²) in [4.78, 5) is 13.2. The molecule has 0 saturated heterocycles. The second kappa shape index (κ2) is 5.39. The molecule has 0 fully saturated rings. The van der Waals surface area contributed by atoms with Gasteiger partial charge in [0.25, 0.3) is 0 Å².